The van der Waals surface area contributed by atoms with Crippen LogP contribution in [0.5, 0.6) is 0 Å². The van der Waals surface area contributed by atoms with E-state index < -0.39 is 5.63 Å². The van der Waals surface area contributed by atoms with Gasteiger partial charge in [-0.1, -0.05) is 53.7 Å². The molecule has 0 fully saturated rings. The Bertz CT molecular complexity index is 962. The zero-order valence-electron chi connectivity index (χ0n) is 13.6. The van der Waals surface area contributed by atoms with E-state index in [1.807, 2.05) is 53.4 Å². The lowest BCUT2D eigenvalue weighted by Crippen LogP contribution is -2.26. The Balaban J connectivity index is 2.23. The summed E-state index contributed by atoms with van der Waals surface area (Å²) in [5.74, 6) is 0. The first kappa shape index (κ1) is 16.5. The van der Waals surface area contributed by atoms with Crippen LogP contribution in [-0.4, -0.2) is 18.0 Å². The number of benzene rings is 2. The van der Waals surface area contributed by atoms with Gasteiger partial charge in [-0.3, -0.25) is 0 Å². The predicted molar refractivity (Wildman–Crippen MR) is 99.6 cm³/mol. The first-order valence-corrected chi connectivity index (χ1v) is 7.87. The second-order valence-corrected chi connectivity index (χ2v) is 5.55. The molecule has 0 saturated heterocycles. The molecule has 1 N–H and O–H groups in total. The normalized spacial score (nSPS) is 11.0. The third-order valence-electron chi connectivity index (χ3n) is 3.89. The number of hydrogen-bond acceptors (Lipinski definition) is 5. The minimum absolute atomic E-state index is 0.207. The summed E-state index contributed by atoms with van der Waals surface area (Å²) in [6.45, 7) is 4.92. The highest BCUT2D eigenvalue weighted by molar-refractivity contribution is 6.00. The van der Waals surface area contributed by atoms with Gasteiger partial charge in [-0.15, -0.1) is 6.58 Å². The molecule has 3 aromatic rings. The summed E-state index contributed by atoms with van der Waals surface area (Å²) in [5, 5.41) is 12.8. The number of oxime groups is 1. The minimum atomic E-state index is -0.548. The molecule has 0 unspecified atom stereocenters. The fraction of sp³-hybridized carbons (Fsp3) is 0.100. The summed E-state index contributed by atoms with van der Waals surface area (Å²) < 4.78 is 5.35. The van der Waals surface area contributed by atoms with E-state index in [9.17, 15) is 4.79 Å². The number of fused-ring (bicyclic) bond motifs is 1. The maximum absolute atomic E-state index is 12.4. The van der Waals surface area contributed by atoms with Gasteiger partial charge in [-0.2, -0.15) is 0 Å². The first-order valence-electron chi connectivity index (χ1n) is 7.87. The maximum atomic E-state index is 12.4. The third kappa shape index (κ3) is 3.45. The van der Waals surface area contributed by atoms with Crippen LogP contribution in [0.3, 0.4) is 0 Å². The zero-order valence-corrected chi connectivity index (χ0v) is 13.6. The van der Waals surface area contributed by atoms with Crippen molar-refractivity contribution in [3.63, 3.8) is 0 Å². The molecule has 3 rings (SSSR count). The Hall–Kier alpha value is -3.34. The molecule has 0 aliphatic carbocycles. The average Bonchev–Trinajstić information content (AvgIpc) is 2.63. The van der Waals surface area contributed by atoms with Crippen molar-refractivity contribution in [2.45, 2.75) is 6.54 Å². The van der Waals surface area contributed by atoms with Crippen LogP contribution in [0.25, 0.3) is 11.0 Å². The largest absolute Gasteiger partial charge is 0.422 e. The molecule has 1 heterocycles. The number of rotatable bonds is 6. The van der Waals surface area contributed by atoms with Crippen molar-refractivity contribution >= 4 is 22.9 Å². The quantitative estimate of drug-likeness (QED) is 0.245. The van der Waals surface area contributed by atoms with Crippen molar-refractivity contribution in [2.75, 3.05) is 11.4 Å². The van der Waals surface area contributed by atoms with Crippen LogP contribution in [0.15, 0.2) is 81.6 Å². The standard InChI is InChI=1S/C20H18N2O3/c1-2-12-22(14-15-8-4-3-5-9-15)19-16-10-6-7-11-18(16)25-20(23)17(19)13-21-24/h2-11,13,24H,1,12,14H2/b21-13+. The van der Waals surface area contributed by atoms with Gasteiger partial charge < -0.3 is 14.5 Å². The Morgan fingerprint density at radius 3 is 2.56 bits per heavy atom. The summed E-state index contributed by atoms with van der Waals surface area (Å²) in [4.78, 5) is 14.4. The number of nitrogens with zero attached hydrogens (tertiary/aromatic N) is 2. The van der Waals surface area contributed by atoms with Crippen molar-refractivity contribution in [2.24, 2.45) is 5.16 Å². The van der Waals surface area contributed by atoms with Crippen LogP contribution >= 0.6 is 0 Å². The van der Waals surface area contributed by atoms with Gasteiger partial charge >= 0.3 is 5.63 Å². The molecule has 0 spiro atoms. The van der Waals surface area contributed by atoms with Crippen LogP contribution in [0.1, 0.15) is 11.1 Å². The molecule has 25 heavy (non-hydrogen) atoms. The third-order valence-corrected chi connectivity index (χ3v) is 3.89. The summed E-state index contributed by atoms with van der Waals surface area (Å²) in [6.07, 6.45) is 2.89. The van der Waals surface area contributed by atoms with Gasteiger partial charge in [-0.25, -0.2) is 4.79 Å². The van der Waals surface area contributed by atoms with Gasteiger partial charge in [0.1, 0.15) is 11.1 Å². The van der Waals surface area contributed by atoms with E-state index in [2.05, 4.69) is 11.7 Å². The summed E-state index contributed by atoms with van der Waals surface area (Å²) in [7, 11) is 0. The van der Waals surface area contributed by atoms with E-state index in [1.54, 1.807) is 12.1 Å². The molecule has 5 nitrogen and oxygen atoms in total. The highest BCUT2D eigenvalue weighted by Gasteiger charge is 2.19. The molecule has 1 aromatic heterocycles. The lowest BCUT2D eigenvalue weighted by Gasteiger charge is -2.26. The lowest BCUT2D eigenvalue weighted by atomic mass is 10.1. The Labute approximate surface area is 145 Å². The van der Waals surface area contributed by atoms with Gasteiger partial charge in [0.2, 0.25) is 0 Å². The van der Waals surface area contributed by atoms with Gasteiger partial charge in [0, 0.05) is 18.5 Å². The van der Waals surface area contributed by atoms with E-state index in [4.69, 9.17) is 9.62 Å². The van der Waals surface area contributed by atoms with E-state index in [0.29, 0.717) is 24.4 Å². The highest BCUT2D eigenvalue weighted by atomic mass is 16.4. The molecule has 0 aliphatic rings. The summed E-state index contributed by atoms with van der Waals surface area (Å²) in [6, 6.07) is 17.2. The molecule has 0 amide bonds. The van der Waals surface area contributed by atoms with Gasteiger partial charge in [0.05, 0.1) is 11.9 Å². The van der Waals surface area contributed by atoms with Gasteiger partial charge in [0.25, 0.3) is 0 Å². The topological polar surface area (TPSA) is 66.0 Å². The fourth-order valence-electron chi connectivity index (χ4n) is 2.85. The Morgan fingerprint density at radius 1 is 1.12 bits per heavy atom. The zero-order chi connectivity index (χ0) is 17.6. The second-order valence-electron chi connectivity index (χ2n) is 5.55. The SMILES string of the molecule is C=CCN(Cc1ccccc1)c1c(/C=N/O)c(=O)oc2ccccc12. The van der Waals surface area contributed by atoms with Crippen molar-refractivity contribution in [3.8, 4) is 0 Å². The fourth-order valence-corrected chi connectivity index (χ4v) is 2.85. The molecule has 0 saturated carbocycles. The maximum Gasteiger partial charge on any atom is 0.347 e. The summed E-state index contributed by atoms with van der Waals surface area (Å²) in [5.41, 5.74) is 1.90. The number of anilines is 1. The van der Waals surface area contributed by atoms with Crippen LogP contribution in [0.4, 0.5) is 5.69 Å². The lowest BCUT2D eigenvalue weighted by molar-refractivity contribution is 0.321. The van der Waals surface area contributed by atoms with Gasteiger partial charge in [-0.05, 0) is 17.7 Å². The van der Waals surface area contributed by atoms with Crippen molar-refractivity contribution < 1.29 is 9.62 Å². The molecular formula is C20H18N2O3. The predicted octanol–water partition coefficient (Wildman–Crippen LogP) is 3.79. The van der Waals surface area contributed by atoms with E-state index >= 15 is 0 Å². The van der Waals surface area contributed by atoms with Crippen LogP contribution in [-0.2, 0) is 6.54 Å². The second kappa shape index (κ2) is 7.49. The van der Waals surface area contributed by atoms with Crippen LogP contribution < -0.4 is 10.5 Å². The smallest absolute Gasteiger partial charge is 0.347 e. The molecule has 0 atom stereocenters. The monoisotopic (exact) mass is 334 g/mol. The Morgan fingerprint density at radius 2 is 1.84 bits per heavy atom. The highest BCUT2D eigenvalue weighted by Crippen LogP contribution is 2.29. The van der Waals surface area contributed by atoms with Crippen LogP contribution in [0, 0.1) is 0 Å². The van der Waals surface area contributed by atoms with E-state index in [1.165, 1.54) is 0 Å². The number of hydrogen-bond donors (Lipinski definition) is 1. The Kier molecular flexibility index (Phi) is 4.95. The average molecular weight is 334 g/mol. The molecule has 2 aromatic carbocycles. The van der Waals surface area contributed by atoms with Crippen LogP contribution in [0.2, 0.25) is 0 Å². The first-order chi connectivity index (χ1) is 12.2. The number of para-hydroxylation sites is 1. The molecule has 5 heteroatoms. The molecule has 0 aliphatic heterocycles. The molecule has 0 radical (unpaired) electrons. The van der Waals surface area contributed by atoms with Crippen molar-refractivity contribution in [1.82, 2.24) is 0 Å². The minimum Gasteiger partial charge on any atom is -0.422 e. The van der Waals surface area contributed by atoms with Crippen molar-refractivity contribution in [1.29, 1.82) is 0 Å². The molecule has 0 bridgehead atoms. The van der Waals surface area contributed by atoms with Gasteiger partial charge in [0.15, 0.2) is 0 Å². The van der Waals surface area contributed by atoms with Crippen molar-refractivity contribution in [3.05, 3.63) is 88.8 Å². The summed E-state index contributed by atoms with van der Waals surface area (Å²) >= 11 is 0. The molecular weight excluding hydrogens is 316 g/mol. The molecule has 126 valence electrons. The van der Waals surface area contributed by atoms with E-state index in [-0.39, 0.29) is 5.56 Å². The van der Waals surface area contributed by atoms with E-state index in [0.717, 1.165) is 17.2 Å².